The molecule has 3 rings (SSSR count). The van der Waals surface area contributed by atoms with Crippen molar-refractivity contribution < 1.29 is 0 Å². The number of rotatable bonds is 1. The summed E-state index contributed by atoms with van der Waals surface area (Å²) in [5, 5.41) is 0. The first-order valence-electron chi connectivity index (χ1n) is 5.26. The number of fused-ring (bicyclic) bond motifs is 1. The summed E-state index contributed by atoms with van der Waals surface area (Å²) in [6.07, 6.45) is 6.45. The zero-order valence-corrected chi connectivity index (χ0v) is 7.84. The van der Waals surface area contributed by atoms with Gasteiger partial charge in [-0.15, -0.1) is 0 Å². The molecular weight excluding hydrogens is 158 g/mol. The molecule has 1 aromatic rings. The van der Waals surface area contributed by atoms with E-state index in [-0.39, 0.29) is 0 Å². The van der Waals surface area contributed by atoms with E-state index in [0.29, 0.717) is 0 Å². The van der Waals surface area contributed by atoms with Crippen LogP contribution >= 0.6 is 0 Å². The zero-order chi connectivity index (χ0) is 8.84. The van der Waals surface area contributed by atoms with Crippen molar-refractivity contribution >= 4 is 5.69 Å². The molecule has 0 heterocycles. The molecule has 0 aromatic heterocycles. The van der Waals surface area contributed by atoms with Crippen LogP contribution in [-0.2, 0) is 12.8 Å². The van der Waals surface area contributed by atoms with Crippen molar-refractivity contribution in [2.24, 2.45) is 0 Å². The Morgan fingerprint density at radius 3 is 2.77 bits per heavy atom. The van der Waals surface area contributed by atoms with E-state index in [1.165, 1.54) is 48.8 Å². The van der Waals surface area contributed by atoms with Crippen LogP contribution in [0.3, 0.4) is 0 Å². The first-order chi connectivity index (χ1) is 6.36. The van der Waals surface area contributed by atoms with Gasteiger partial charge in [0.25, 0.3) is 0 Å². The Morgan fingerprint density at radius 1 is 1.15 bits per heavy atom. The molecule has 13 heavy (non-hydrogen) atoms. The minimum Gasteiger partial charge on any atom is -0.398 e. The van der Waals surface area contributed by atoms with E-state index >= 15 is 0 Å². The van der Waals surface area contributed by atoms with Crippen molar-refractivity contribution in [3.8, 4) is 0 Å². The molecule has 0 radical (unpaired) electrons. The molecule has 0 bridgehead atoms. The minimum absolute atomic E-state index is 0.797. The van der Waals surface area contributed by atoms with E-state index in [4.69, 9.17) is 5.73 Å². The van der Waals surface area contributed by atoms with E-state index in [0.717, 1.165) is 11.6 Å². The third-order valence-electron chi connectivity index (χ3n) is 3.38. The van der Waals surface area contributed by atoms with Crippen LogP contribution in [-0.4, -0.2) is 0 Å². The maximum absolute atomic E-state index is 6.18. The second kappa shape index (κ2) is 2.50. The van der Waals surface area contributed by atoms with Crippen molar-refractivity contribution in [2.45, 2.75) is 38.0 Å². The lowest BCUT2D eigenvalue weighted by atomic mass is 10.0. The number of nitrogen functional groups attached to an aromatic ring is 1. The van der Waals surface area contributed by atoms with E-state index < -0.39 is 0 Å². The Balaban J connectivity index is 2.13. The van der Waals surface area contributed by atoms with Crippen LogP contribution in [0.1, 0.15) is 41.9 Å². The molecule has 1 aromatic carbocycles. The normalized spacial score (nSPS) is 20.3. The summed E-state index contributed by atoms with van der Waals surface area (Å²) in [5.41, 5.74) is 11.7. The summed E-state index contributed by atoms with van der Waals surface area (Å²) in [7, 11) is 0. The number of hydrogen-bond acceptors (Lipinski definition) is 1. The van der Waals surface area contributed by atoms with Gasteiger partial charge in [0.15, 0.2) is 0 Å². The lowest BCUT2D eigenvalue weighted by molar-refractivity contribution is 0.912. The molecule has 2 aliphatic carbocycles. The van der Waals surface area contributed by atoms with Crippen molar-refractivity contribution in [3.63, 3.8) is 0 Å². The van der Waals surface area contributed by atoms with Crippen LogP contribution in [0, 0.1) is 0 Å². The fourth-order valence-electron chi connectivity index (χ4n) is 2.46. The van der Waals surface area contributed by atoms with Gasteiger partial charge in [0.2, 0.25) is 0 Å². The van der Waals surface area contributed by atoms with E-state index in [9.17, 15) is 0 Å². The van der Waals surface area contributed by atoms with Crippen LogP contribution in [0.4, 0.5) is 5.69 Å². The summed E-state index contributed by atoms with van der Waals surface area (Å²) in [5.74, 6) is 0.797. The first-order valence-corrected chi connectivity index (χ1v) is 5.26. The Kier molecular flexibility index (Phi) is 1.43. The van der Waals surface area contributed by atoms with Crippen LogP contribution in [0.25, 0.3) is 0 Å². The van der Waals surface area contributed by atoms with Crippen LogP contribution in [0.15, 0.2) is 12.1 Å². The molecule has 2 aliphatic rings. The van der Waals surface area contributed by atoms with Crippen molar-refractivity contribution in [1.29, 1.82) is 0 Å². The van der Waals surface area contributed by atoms with Gasteiger partial charge in [0.05, 0.1) is 0 Å². The summed E-state index contributed by atoms with van der Waals surface area (Å²) in [6.45, 7) is 0. The maximum Gasteiger partial charge on any atom is 0.0384 e. The van der Waals surface area contributed by atoms with Gasteiger partial charge in [-0.05, 0) is 54.7 Å². The highest BCUT2D eigenvalue weighted by atomic mass is 14.6. The van der Waals surface area contributed by atoms with E-state index in [2.05, 4.69) is 12.1 Å². The minimum atomic E-state index is 0.797. The lowest BCUT2D eigenvalue weighted by Crippen LogP contribution is -1.98. The van der Waals surface area contributed by atoms with E-state index in [1.54, 1.807) is 0 Å². The van der Waals surface area contributed by atoms with Crippen LogP contribution in [0.2, 0.25) is 0 Å². The average Bonchev–Trinajstić information content (AvgIpc) is 2.83. The van der Waals surface area contributed by atoms with Gasteiger partial charge in [-0.3, -0.25) is 0 Å². The summed E-state index contributed by atoms with van der Waals surface area (Å²) >= 11 is 0. The van der Waals surface area contributed by atoms with E-state index in [1.807, 2.05) is 0 Å². The fourth-order valence-corrected chi connectivity index (χ4v) is 2.46. The standard InChI is InChI=1S/C12H15N/c13-12-10-3-1-2-8(10)6-7-11(12)9-4-5-9/h6-7,9H,1-5,13H2. The molecule has 0 aliphatic heterocycles. The highest BCUT2D eigenvalue weighted by molar-refractivity contribution is 5.60. The molecule has 2 N–H and O–H groups in total. The van der Waals surface area contributed by atoms with Crippen LogP contribution < -0.4 is 5.73 Å². The smallest absolute Gasteiger partial charge is 0.0384 e. The first kappa shape index (κ1) is 7.43. The van der Waals surface area contributed by atoms with Gasteiger partial charge in [-0.1, -0.05) is 12.1 Å². The van der Waals surface area contributed by atoms with Crippen LogP contribution in [0.5, 0.6) is 0 Å². The molecular formula is C12H15N. The predicted octanol–water partition coefficient (Wildman–Crippen LogP) is 2.63. The highest BCUT2D eigenvalue weighted by Gasteiger charge is 2.27. The highest BCUT2D eigenvalue weighted by Crippen LogP contribution is 2.45. The second-order valence-electron chi connectivity index (χ2n) is 4.33. The van der Waals surface area contributed by atoms with Gasteiger partial charge in [-0.25, -0.2) is 0 Å². The number of hydrogen-bond donors (Lipinski definition) is 1. The van der Waals surface area contributed by atoms with Crippen molar-refractivity contribution in [1.82, 2.24) is 0 Å². The Bertz CT molecular complexity index is 350. The van der Waals surface area contributed by atoms with Crippen molar-refractivity contribution in [3.05, 3.63) is 28.8 Å². The molecule has 0 unspecified atom stereocenters. The fraction of sp³-hybridized carbons (Fsp3) is 0.500. The lowest BCUT2D eigenvalue weighted by Gasteiger charge is -2.09. The molecule has 0 saturated heterocycles. The Labute approximate surface area is 78.9 Å². The van der Waals surface area contributed by atoms with Gasteiger partial charge >= 0.3 is 0 Å². The molecule has 0 amide bonds. The third-order valence-corrected chi connectivity index (χ3v) is 3.38. The van der Waals surface area contributed by atoms with Crippen molar-refractivity contribution in [2.75, 3.05) is 5.73 Å². The average molecular weight is 173 g/mol. The SMILES string of the molecule is Nc1c(C2CC2)ccc2c1CCC2. The Morgan fingerprint density at radius 2 is 2.00 bits per heavy atom. The molecule has 1 saturated carbocycles. The summed E-state index contributed by atoms with van der Waals surface area (Å²) in [6, 6.07) is 4.56. The maximum atomic E-state index is 6.18. The second-order valence-corrected chi connectivity index (χ2v) is 4.33. The summed E-state index contributed by atoms with van der Waals surface area (Å²) in [4.78, 5) is 0. The molecule has 1 fully saturated rings. The van der Waals surface area contributed by atoms with Gasteiger partial charge in [0, 0.05) is 5.69 Å². The van der Waals surface area contributed by atoms with Gasteiger partial charge in [0.1, 0.15) is 0 Å². The van der Waals surface area contributed by atoms with Gasteiger partial charge in [-0.2, -0.15) is 0 Å². The summed E-state index contributed by atoms with van der Waals surface area (Å²) < 4.78 is 0. The largest absolute Gasteiger partial charge is 0.398 e. The molecule has 1 nitrogen and oxygen atoms in total. The quantitative estimate of drug-likeness (QED) is 0.649. The zero-order valence-electron chi connectivity index (χ0n) is 7.84. The molecule has 1 heteroatoms. The number of benzene rings is 1. The molecule has 68 valence electrons. The Hall–Kier alpha value is -0.980. The molecule has 0 spiro atoms. The number of anilines is 1. The number of nitrogens with two attached hydrogens (primary N) is 1. The molecule has 0 atom stereocenters. The monoisotopic (exact) mass is 173 g/mol. The number of aryl methyl sites for hydroxylation is 1. The predicted molar refractivity (Wildman–Crippen MR) is 54.9 cm³/mol. The topological polar surface area (TPSA) is 26.0 Å². The van der Waals surface area contributed by atoms with Gasteiger partial charge < -0.3 is 5.73 Å². The third kappa shape index (κ3) is 1.06.